The molecular weight excluding hydrogens is 176 g/mol. The van der Waals surface area contributed by atoms with Crippen molar-refractivity contribution in [1.82, 2.24) is 0 Å². The van der Waals surface area contributed by atoms with E-state index in [1.807, 2.05) is 30.3 Å². The van der Waals surface area contributed by atoms with Gasteiger partial charge in [0.2, 0.25) is 0 Å². The standard InChI is InChI=1S/C9H10O2.ClH/c10-6-9(7-11)8-4-2-1-3-5-8;/h1-6,10-11H,7H2;1H. The number of halogens is 1. The number of hydrogen-bond donors (Lipinski definition) is 2. The minimum Gasteiger partial charge on any atom is -0.515 e. The Morgan fingerprint density at radius 3 is 2.25 bits per heavy atom. The monoisotopic (exact) mass is 186 g/mol. The molecule has 0 aliphatic rings. The van der Waals surface area contributed by atoms with Crippen LogP contribution in [0.25, 0.3) is 5.57 Å². The average molecular weight is 187 g/mol. The van der Waals surface area contributed by atoms with E-state index in [9.17, 15) is 0 Å². The summed E-state index contributed by atoms with van der Waals surface area (Å²) in [4.78, 5) is 0. The molecule has 2 N–H and O–H groups in total. The van der Waals surface area contributed by atoms with Crippen LogP contribution in [0.4, 0.5) is 0 Å². The lowest BCUT2D eigenvalue weighted by Crippen LogP contribution is -1.89. The maximum absolute atomic E-state index is 8.75. The number of hydrogen-bond acceptors (Lipinski definition) is 2. The van der Waals surface area contributed by atoms with Crippen molar-refractivity contribution in [2.24, 2.45) is 0 Å². The second-order valence-corrected chi connectivity index (χ2v) is 2.18. The fourth-order valence-electron chi connectivity index (χ4n) is 0.859. The Labute approximate surface area is 77.6 Å². The maximum Gasteiger partial charge on any atom is 0.0852 e. The molecule has 0 heterocycles. The van der Waals surface area contributed by atoms with Gasteiger partial charge in [-0.1, -0.05) is 30.3 Å². The van der Waals surface area contributed by atoms with Crippen LogP contribution in [0.2, 0.25) is 0 Å². The molecule has 0 aromatic heterocycles. The molecule has 3 heteroatoms. The predicted molar refractivity (Wildman–Crippen MR) is 51.4 cm³/mol. The first-order valence-corrected chi connectivity index (χ1v) is 3.38. The highest BCUT2D eigenvalue weighted by atomic mass is 35.5. The molecule has 12 heavy (non-hydrogen) atoms. The van der Waals surface area contributed by atoms with Gasteiger partial charge in [-0.15, -0.1) is 12.4 Å². The van der Waals surface area contributed by atoms with Gasteiger partial charge in [0.15, 0.2) is 0 Å². The molecule has 0 saturated carbocycles. The molecule has 0 amide bonds. The molecule has 0 fully saturated rings. The summed E-state index contributed by atoms with van der Waals surface area (Å²) in [5.74, 6) is 0. The van der Waals surface area contributed by atoms with Crippen LogP contribution in [0.1, 0.15) is 5.56 Å². The van der Waals surface area contributed by atoms with Crippen LogP contribution in [0.3, 0.4) is 0 Å². The van der Waals surface area contributed by atoms with E-state index >= 15 is 0 Å². The molecule has 0 atom stereocenters. The topological polar surface area (TPSA) is 40.5 Å². The minimum absolute atomic E-state index is 0. The third-order valence-electron chi connectivity index (χ3n) is 1.47. The van der Waals surface area contributed by atoms with E-state index in [0.717, 1.165) is 11.8 Å². The van der Waals surface area contributed by atoms with Crippen molar-refractivity contribution in [3.8, 4) is 0 Å². The Morgan fingerprint density at radius 1 is 1.25 bits per heavy atom. The van der Waals surface area contributed by atoms with Crippen molar-refractivity contribution in [2.45, 2.75) is 0 Å². The van der Waals surface area contributed by atoms with Gasteiger partial charge in [0, 0.05) is 5.57 Å². The summed E-state index contributed by atoms with van der Waals surface area (Å²) in [6.45, 7) is -0.138. The van der Waals surface area contributed by atoms with E-state index < -0.39 is 0 Å². The van der Waals surface area contributed by atoms with Crippen molar-refractivity contribution in [3.63, 3.8) is 0 Å². The molecule has 0 unspecified atom stereocenters. The molecular formula is C9H11ClO2. The quantitative estimate of drug-likeness (QED) is 0.694. The highest BCUT2D eigenvalue weighted by Crippen LogP contribution is 2.11. The summed E-state index contributed by atoms with van der Waals surface area (Å²) in [6, 6.07) is 9.26. The first kappa shape index (κ1) is 11.0. The highest BCUT2D eigenvalue weighted by Gasteiger charge is 1.96. The lowest BCUT2D eigenvalue weighted by atomic mass is 10.1. The van der Waals surface area contributed by atoms with Crippen molar-refractivity contribution >= 4 is 18.0 Å². The Hall–Kier alpha value is -0.990. The van der Waals surface area contributed by atoms with E-state index in [1.54, 1.807) is 0 Å². The fourth-order valence-corrected chi connectivity index (χ4v) is 0.859. The molecule has 0 aliphatic heterocycles. The normalized spacial score (nSPS) is 10.6. The number of aliphatic hydroxyl groups excluding tert-OH is 2. The van der Waals surface area contributed by atoms with E-state index in [4.69, 9.17) is 10.2 Å². The molecule has 0 radical (unpaired) electrons. The number of benzene rings is 1. The Kier molecular flexibility index (Phi) is 5.17. The van der Waals surface area contributed by atoms with Crippen LogP contribution in [0.5, 0.6) is 0 Å². The van der Waals surface area contributed by atoms with Crippen molar-refractivity contribution in [3.05, 3.63) is 42.2 Å². The van der Waals surface area contributed by atoms with E-state index in [-0.39, 0.29) is 19.0 Å². The second kappa shape index (κ2) is 5.63. The van der Waals surface area contributed by atoms with Gasteiger partial charge in [0.05, 0.1) is 12.9 Å². The molecule has 0 spiro atoms. The summed E-state index contributed by atoms with van der Waals surface area (Å²) in [5, 5.41) is 17.4. The van der Waals surface area contributed by atoms with Gasteiger partial charge < -0.3 is 10.2 Å². The van der Waals surface area contributed by atoms with Crippen molar-refractivity contribution in [2.75, 3.05) is 6.61 Å². The molecule has 1 rings (SSSR count). The van der Waals surface area contributed by atoms with Crippen LogP contribution in [0, 0.1) is 0 Å². The van der Waals surface area contributed by atoms with Crippen molar-refractivity contribution in [1.29, 1.82) is 0 Å². The first-order chi connectivity index (χ1) is 5.38. The van der Waals surface area contributed by atoms with Gasteiger partial charge in [0.25, 0.3) is 0 Å². The number of aliphatic hydroxyl groups is 2. The van der Waals surface area contributed by atoms with Gasteiger partial charge >= 0.3 is 0 Å². The van der Waals surface area contributed by atoms with E-state index in [1.165, 1.54) is 0 Å². The van der Waals surface area contributed by atoms with Gasteiger partial charge in [-0.05, 0) is 5.56 Å². The number of rotatable bonds is 2. The summed E-state index contributed by atoms with van der Waals surface area (Å²) < 4.78 is 0. The zero-order chi connectivity index (χ0) is 8.10. The van der Waals surface area contributed by atoms with Gasteiger partial charge in [-0.2, -0.15) is 0 Å². The van der Waals surface area contributed by atoms with E-state index in [0.29, 0.717) is 5.57 Å². The van der Waals surface area contributed by atoms with Gasteiger partial charge in [-0.3, -0.25) is 0 Å². The van der Waals surface area contributed by atoms with Gasteiger partial charge in [0.1, 0.15) is 0 Å². The second-order valence-electron chi connectivity index (χ2n) is 2.18. The summed E-state index contributed by atoms with van der Waals surface area (Å²) in [5.41, 5.74) is 1.38. The Balaban J connectivity index is 0.00000121. The van der Waals surface area contributed by atoms with Crippen LogP contribution >= 0.6 is 12.4 Å². The molecule has 66 valence electrons. The Morgan fingerprint density at radius 2 is 1.83 bits per heavy atom. The summed E-state index contributed by atoms with van der Waals surface area (Å²) in [7, 11) is 0. The molecule has 2 nitrogen and oxygen atoms in total. The average Bonchev–Trinajstić information content (AvgIpc) is 2.09. The lowest BCUT2D eigenvalue weighted by Gasteiger charge is -2.00. The van der Waals surface area contributed by atoms with Crippen molar-refractivity contribution < 1.29 is 10.2 Å². The predicted octanol–water partition coefficient (Wildman–Crippen LogP) is 2.00. The first-order valence-electron chi connectivity index (χ1n) is 3.38. The fraction of sp³-hybridized carbons (Fsp3) is 0.111. The SMILES string of the molecule is Cl.OC=C(CO)c1ccccc1. The smallest absolute Gasteiger partial charge is 0.0852 e. The van der Waals surface area contributed by atoms with Gasteiger partial charge in [-0.25, -0.2) is 0 Å². The molecule has 0 aliphatic carbocycles. The highest BCUT2D eigenvalue weighted by molar-refractivity contribution is 5.85. The molecule has 0 saturated heterocycles. The zero-order valence-corrected chi connectivity index (χ0v) is 7.29. The lowest BCUT2D eigenvalue weighted by molar-refractivity contribution is 0.345. The van der Waals surface area contributed by atoms with Crippen LogP contribution in [-0.2, 0) is 0 Å². The zero-order valence-electron chi connectivity index (χ0n) is 6.47. The Bertz CT molecular complexity index is 244. The molecule has 0 bridgehead atoms. The summed E-state index contributed by atoms with van der Waals surface area (Å²) in [6.07, 6.45) is 0.926. The molecule has 1 aromatic carbocycles. The van der Waals surface area contributed by atoms with E-state index in [2.05, 4.69) is 0 Å². The third-order valence-corrected chi connectivity index (χ3v) is 1.47. The third kappa shape index (κ3) is 2.57. The largest absolute Gasteiger partial charge is 0.515 e. The van der Waals surface area contributed by atoms with Crippen LogP contribution < -0.4 is 0 Å². The summed E-state index contributed by atoms with van der Waals surface area (Å²) >= 11 is 0. The molecule has 1 aromatic rings. The minimum atomic E-state index is -0.138. The maximum atomic E-state index is 8.75. The van der Waals surface area contributed by atoms with Crippen LogP contribution in [-0.4, -0.2) is 16.8 Å². The van der Waals surface area contributed by atoms with Crippen LogP contribution in [0.15, 0.2) is 36.6 Å².